The van der Waals surface area contributed by atoms with E-state index < -0.39 is 11.9 Å². The highest BCUT2D eigenvalue weighted by Gasteiger charge is 2.46. The van der Waals surface area contributed by atoms with Crippen molar-refractivity contribution in [1.82, 2.24) is 0 Å². The largest absolute Gasteiger partial charge is 0.365 e. The second-order valence-electron chi connectivity index (χ2n) is 6.35. The van der Waals surface area contributed by atoms with Gasteiger partial charge in [-0.05, 0) is 24.3 Å². The molecular formula is C16H21FN4O3+2. The third-order valence-electron chi connectivity index (χ3n) is 4.75. The highest BCUT2D eigenvalue weighted by Crippen LogP contribution is 2.22. The molecule has 128 valence electrons. The van der Waals surface area contributed by atoms with Crippen LogP contribution in [0.5, 0.6) is 0 Å². The molecule has 4 N–H and O–H groups in total. The molecule has 0 aliphatic carbocycles. The lowest BCUT2D eigenvalue weighted by molar-refractivity contribution is -1.02. The highest BCUT2D eigenvalue weighted by molar-refractivity contribution is 6.21. The molecule has 1 atom stereocenters. The van der Waals surface area contributed by atoms with Crippen molar-refractivity contribution in [3.05, 3.63) is 30.1 Å². The van der Waals surface area contributed by atoms with Crippen molar-refractivity contribution in [2.24, 2.45) is 5.73 Å². The zero-order valence-corrected chi connectivity index (χ0v) is 13.3. The molecule has 2 aliphatic rings. The smallest absolute Gasteiger partial charge is 0.292 e. The van der Waals surface area contributed by atoms with Crippen molar-refractivity contribution < 1.29 is 28.6 Å². The summed E-state index contributed by atoms with van der Waals surface area (Å²) < 4.78 is 13.0. The number of halogens is 1. The number of carbonyl (C=O) groups excluding carboxylic acids is 3. The first-order chi connectivity index (χ1) is 11.5. The molecule has 3 amide bonds. The van der Waals surface area contributed by atoms with Crippen molar-refractivity contribution >= 4 is 23.4 Å². The second-order valence-corrected chi connectivity index (χ2v) is 6.35. The molecular weight excluding hydrogens is 315 g/mol. The summed E-state index contributed by atoms with van der Waals surface area (Å²) in [5.74, 6) is -1.23. The number of amides is 3. The number of rotatable bonds is 4. The van der Waals surface area contributed by atoms with E-state index in [2.05, 4.69) is 0 Å². The van der Waals surface area contributed by atoms with E-state index in [1.807, 2.05) is 0 Å². The van der Waals surface area contributed by atoms with Gasteiger partial charge >= 0.3 is 0 Å². The van der Waals surface area contributed by atoms with Gasteiger partial charge in [0, 0.05) is 0 Å². The molecule has 0 spiro atoms. The van der Waals surface area contributed by atoms with Crippen molar-refractivity contribution in [1.29, 1.82) is 0 Å². The highest BCUT2D eigenvalue weighted by atomic mass is 19.1. The van der Waals surface area contributed by atoms with Crippen LogP contribution >= 0.6 is 0 Å². The predicted octanol–water partition coefficient (Wildman–Crippen LogP) is -3.27. The molecule has 2 saturated heterocycles. The number of piperazine rings is 1. The lowest BCUT2D eigenvalue weighted by atomic mass is 10.1. The number of quaternary nitrogens is 2. The summed E-state index contributed by atoms with van der Waals surface area (Å²) in [6.07, 6.45) is 0.163. The summed E-state index contributed by atoms with van der Waals surface area (Å²) in [4.78, 5) is 39.2. The van der Waals surface area contributed by atoms with Crippen molar-refractivity contribution in [3.63, 3.8) is 0 Å². The fourth-order valence-electron chi connectivity index (χ4n) is 3.51. The maximum Gasteiger partial charge on any atom is 0.292 e. The van der Waals surface area contributed by atoms with Gasteiger partial charge in [0.15, 0.2) is 12.6 Å². The molecule has 2 fully saturated rings. The second kappa shape index (κ2) is 6.66. The van der Waals surface area contributed by atoms with E-state index in [0.29, 0.717) is 25.3 Å². The molecule has 0 aromatic heterocycles. The summed E-state index contributed by atoms with van der Waals surface area (Å²) in [5, 5.41) is 0. The topological polar surface area (TPSA) is 89.3 Å². The van der Waals surface area contributed by atoms with E-state index in [9.17, 15) is 18.8 Å². The van der Waals surface area contributed by atoms with Crippen LogP contribution < -0.4 is 20.4 Å². The Balaban J connectivity index is 1.66. The Hall–Kier alpha value is -2.32. The van der Waals surface area contributed by atoms with Gasteiger partial charge in [-0.25, -0.2) is 9.29 Å². The Kier molecular flexibility index (Phi) is 4.59. The number of carbonyl (C=O) groups is 3. The molecule has 0 radical (unpaired) electrons. The van der Waals surface area contributed by atoms with Crippen LogP contribution in [-0.2, 0) is 14.4 Å². The first-order valence-corrected chi connectivity index (χ1v) is 8.04. The van der Waals surface area contributed by atoms with Crippen LogP contribution in [0.15, 0.2) is 24.3 Å². The van der Waals surface area contributed by atoms with Crippen LogP contribution in [0.2, 0.25) is 0 Å². The minimum atomic E-state index is -0.409. The standard InChI is InChI=1S/C16H19FN4O3/c17-11-1-3-12(4-2-11)21-15(23)9-13(16(21)24)20-7-5-19(6-8-20)10-14(18)22/h1-4,13H,5-10H2,(H2,18,22)/p+2. The van der Waals surface area contributed by atoms with Crippen LogP contribution in [-0.4, -0.2) is 56.5 Å². The number of primary amides is 1. The average Bonchev–Trinajstić information content (AvgIpc) is 2.83. The van der Waals surface area contributed by atoms with Gasteiger partial charge in [-0.2, -0.15) is 0 Å². The van der Waals surface area contributed by atoms with Gasteiger partial charge in [0.05, 0.1) is 12.1 Å². The molecule has 3 rings (SSSR count). The monoisotopic (exact) mass is 336 g/mol. The van der Waals surface area contributed by atoms with E-state index in [1.54, 1.807) is 0 Å². The van der Waals surface area contributed by atoms with Gasteiger partial charge < -0.3 is 15.5 Å². The van der Waals surface area contributed by atoms with Crippen molar-refractivity contribution in [2.75, 3.05) is 37.6 Å². The summed E-state index contributed by atoms with van der Waals surface area (Å²) >= 11 is 0. The summed E-state index contributed by atoms with van der Waals surface area (Å²) in [7, 11) is 0. The quantitative estimate of drug-likeness (QED) is 0.504. The number of nitrogens with one attached hydrogen (secondary N) is 2. The number of anilines is 1. The molecule has 8 heteroatoms. The van der Waals surface area contributed by atoms with Gasteiger partial charge in [0.1, 0.15) is 32.0 Å². The fourth-order valence-corrected chi connectivity index (χ4v) is 3.51. The third kappa shape index (κ3) is 3.29. The maximum atomic E-state index is 13.0. The third-order valence-corrected chi connectivity index (χ3v) is 4.75. The summed E-state index contributed by atoms with van der Waals surface area (Å²) in [5.41, 5.74) is 5.62. The van der Waals surface area contributed by atoms with Crippen LogP contribution in [0.25, 0.3) is 0 Å². The first-order valence-electron chi connectivity index (χ1n) is 8.04. The van der Waals surface area contributed by atoms with Crippen LogP contribution in [0.4, 0.5) is 10.1 Å². The normalized spacial score (nSPS) is 27.5. The zero-order chi connectivity index (χ0) is 17.3. The number of hydrogen-bond acceptors (Lipinski definition) is 3. The van der Waals surface area contributed by atoms with Gasteiger partial charge in [-0.3, -0.25) is 14.4 Å². The number of nitrogens with two attached hydrogens (primary N) is 1. The number of benzene rings is 1. The zero-order valence-electron chi connectivity index (χ0n) is 13.3. The molecule has 7 nitrogen and oxygen atoms in total. The number of nitrogens with zero attached hydrogens (tertiary/aromatic N) is 1. The Morgan fingerprint density at radius 2 is 1.79 bits per heavy atom. The molecule has 0 bridgehead atoms. The Morgan fingerprint density at radius 3 is 2.38 bits per heavy atom. The molecule has 24 heavy (non-hydrogen) atoms. The summed E-state index contributed by atoms with van der Waals surface area (Å²) in [6.45, 7) is 3.21. The Morgan fingerprint density at radius 1 is 1.17 bits per heavy atom. The molecule has 1 aromatic carbocycles. The van der Waals surface area contributed by atoms with E-state index in [1.165, 1.54) is 24.3 Å². The molecule has 2 aliphatic heterocycles. The van der Waals surface area contributed by atoms with Crippen LogP contribution in [0, 0.1) is 5.82 Å². The number of hydrogen-bond donors (Lipinski definition) is 3. The Labute approximate surface area is 138 Å². The molecule has 2 heterocycles. The van der Waals surface area contributed by atoms with Crippen molar-refractivity contribution in [3.8, 4) is 0 Å². The Bertz CT molecular complexity index is 656. The lowest BCUT2D eigenvalue weighted by Crippen LogP contribution is -3.30. The summed E-state index contributed by atoms with van der Waals surface area (Å²) in [6, 6.07) is 4.96. The molecule has 1 unspecified atom stereocenters. The molecule has 1 aromatic rings. The predicted molar refractivity (Wildman–Crippen MR) is 82.8 cm³/mol. The van der Waals surface area contributed by atoms with Gasteiger partial charge in [0.25, 0.3) is 11.8 Å². The van der Waals surface area contributed by atoms with Crippen molar-refractivity contribution in [2.45, 2.75) is 12.5 Å². The fraction of sp³-hybridized carbons (Fsp3) is 0.438. The lowest BCUT2D eigenvalue weighted by Gasteiger charge is -2.31. The molecule has 0 saturated carbocycles. The van der Waals surface area contributed by atoms with E-state index >= 15 is 0 Å². The van der Waals surface area contributed by atoms with Gasteiger partial charge in [-0.15, -0.1) is 0 Å². The van der Waals surface area contributed by atoms with Gasteiger partial charge in [-0.1, -0.05) is 0 Å². The van der Waals surface area contributed by atoms with Crippen LogP contribution in [0.3, 0.4) is 0 Å². The minimum absolute atomic E-state index is 0.163. The van der Waals surface area contributed by atoms with E-state index in [0.717, 1.165) is 27.8 Å². The average molecular weight is 336 g/mol. The first kappa shape index (κ1) is 16.5. The minimum Gasteiger partial charge on any atom is -0.365 e. The maximum absolute atomic E-state index is 13.0. The van der Waals surface area contributed by atoms with E-state index in [-0.39, 0.29) is 24.1 Å². The number of imide groups is 1. The van der Waals surface area contributed by atoms with E-state index in [4.69, 9.17) is 5.73 Å². The SMILES string of the molecule is NC(=O)C[NH+]1CC[NH+](C2CC(=O)N(c3ccc(F)cc3)C2=O)CC1. The van der Waals surface area contributed by atoms with Gasteiger partial charge in [0.2, 0.25) is 5.91 Å². The van der Waals surface area contributed by atoms with Crippen LogP contribution in [0.1, 0.15) is 6.42 Å².